The Morgan fingerprint density at radius 2 is 1.74 bits per heavy atom. The summed E-state index contributed by atoms with van der Waals surface area (Å²) < 4.78 is 4.72. The van der Waals surface area contributed by atoms with Gasteiger partial charge in [-0.2, -0.15) is 11.8 Å². The van der Waals surface area contributed by atoms with Crippen molar-refractivity contribution in [3.8, 4) is 0 Å². The molecule has 34 heavy (non-hydrogen) atoms. The van der Waals surface area contributed by atoms with Crippen molar-refractivity contribution >= 4 is 29.7 Å². The zero-order chi connectivity index (χ0) is 25.5. The van der Waals surface area contributed by atoms with Crippen LogP contribution in [0.3, 0.4) is 0 Å². The van der Waals surface area contributed by atoms with Crippen molar-refractivity contribution in [3.63, 3.8) is 0 Å². The number of rotatable bonds is 10. The van der Waals surface area contributed by atoms with Crippen LogP contribution in [0.15, 0.2) is 0 Å². The highest BCUT2D eigenvalue weighted by molar-refractivity contribution is 8.00. The Hall–Kier alpha value is -1.48. The van der Waals surface area contributed by atoms with E-state index in [9.17, 15) is 14.4 Å². The first-order valence-electron chi connectivity index (χ1n) is 12.9. The van der Waals surface area contributed by atoms with Crippen molar-refractivity contribution in [3.05, 3.63) is 0 Å². The van der Waals surface area contributed by atoms with Gasteiger partial charge < -0.3 is 26.0 Å². The van der Waals surface area contributed by atoms with Crippen molar-refractivity contribution in [1.29, 1.82) is 0 Å². The molecule has 2 atom stereocenters. The number of carbonyl (C=O) groups is 3. The molecule has 0 bridgehead atoms. The molecule has 4 N–H and O–H groups in total. The van der Waals surface area contributed by atoms with Crippen molar-refractivity contribution < 1.29 is 19.1 Å². The van der Waals surface area contributed by atoms with Crippen LogP contribution in [0.2, 0.25) is 0 Å². The molecule has 0 aromatic heterocycles. The van der Waals surface area contributed by atoms with Gasteiger partial charge in [0.1, 0.15) is 12.1 Å². The summed E-state index contributed by atoms with van der Waals surface area (Å²) in [5.74, 6) is 1.43. The van der Waals surface area contributed by atoms with E-state index in [2.05, 4.69) is 24.5 Å². The van der Waals surface area contributed by atoms with Gasteiger partial charge in [-0.25, -0.2) is 4.79 Å². The zero-order valence-electron chi connectivity index (χ0n) is 21.9. The van der Waals surface area contributed by atoms with Gasteiger partial charge in [0, 0.05) is 23.9 Å². The Balaban J connectivity index is 2.09. The fourth-order valence-corrected chi connectivity index (χ4v) is 5.68. The van der Waals surface area contributed by atoms with E-state index in [-0.39, 0.29) is 24.0 Å². The molecule has 0 radical (unpaired) electrons. The minimum absolute atomic E-state index is 0.100. The molecular formula is C25H46N4O4S. The predicted molar refractivity (Wildman–Crippen MR) is 138 cm³/mol. The Morgan fingerprint density at radius 3 is 2.32 bits per heavy atom. The van der Waals surface area contributed by atoms with Crippen molar-refractivity contribution in [1.82, 2.24) is 15.5 Å². The first kappa shape index (κ1) is 28.8. The molecule has 0 spiro atoms. The third kappa shape index (κ3) is 8.63. The first-order valence-corrected chi connectivity index (χ1v) is 13.8. The lowest BCUT2D eigenvalue weighted by Gasteiger charge is -2.37. The Morgan fingerprint density at radius 1 is 1.09 bits per heavy atom. The molecule has 1 aliphatic carbocycles. The predicted octanol–water partition coefficient (Wildman–Crippen LogP) is 3.28. The second kappa shape index (κ2) is 13.0. The lowest BCUT2D eigenvalue weighted by molar-refractivity contribution is -0.140. The molecule has 1 aliphatic heterocycles. The summed E-state index contributed by atoms with van der Waals surface area (Å²) in [6.07, 6.45) is 4.56. The van der Waals surface area contributed by atoms with Gasteiger partial charge >= 0.3 is 6.09 Å². The Labute approximate surface area is 209 Å². The minimum Gasteiger partial charge on any atom is -0.447 e. The fourth-order valence-electron chi connectivity index (χ4n) is 4.59. The molecule has 2 aliphatic rings. The Kier molecular flexibility index (Phi) is 11.0. The van der Waals surface area contributed by atoms with Gasteiger partial charge in [0.15, 0.2) is 0 Å². The van der Waals surface area contributed by atoms with E-state index in [0.29, 0.717) is 31.3 Å². The number of nitrogens with two attached hydrogens (primary N) is 1. The number of hydrogen-bond donors (Lipinski definition) is 3. The molecule has 3 amide bonds. The van der Waals surface area contributed by atoms with Crippen molar-refractivity contribution in [2.75, 3.05) is 18.8 Å². The quantitative estimate of drug-likeness (QED) is 0.426. The van der Waals surface area contributed by atoms with E-state index in [1.54, 1.807) is 30.5 Å². The van der Waals surface area contributed by atoms with Crippen LogP contribution in [0.25, 0.3) is 0 Å². The maximum atomic E-state index is 13.8. The van der Waals surface area contributed by atoms with Crippen LogP contribution in [0.1, 0.15) is 80.1 Å². The molecule has 0 unspecified atom stereocenters. The summed E-state index contributed by atoms with van der Waals surface area (Å²) in [5.41, 5.74) is 5.99. The van der Waals surface area contributed by atoms with Gasteiger partial charge in [0.05, 0.1) is 6.10 Å². The van der Waals surface area contributed by atoms with Gasteiger partial charge in [0.2, 0.25) is 11.8 Å². The number of carbonyl (C=O) groups excluding carboxylic acids is 3. The van der Waals surface area contributed by atoms with Crippen LogP contribution in [0.5, 0.6) is 0 Å². The number of likely N-dealkylation sites (tertiary alicyclic amines) is 1. The van der Waals surface area contributed by atoms with Gasteiger partial charge in [0.25, 0.3) is 0 Å². The fraction of sp³-hybridized carbons (Fsp3) is 0.880. The number of ether oxygens (including phenoxy) is 1. The van der Waals surface area contributed by atoms with E-state index in [1.165, 1.54) is 0 Å². The largest absolute Gasteiger partial charge is 0.447 e. The summed E-state index contributed by atoms with van der Waals surface area (Å²) in [6.45, 7) is 12.9. The van der Waals surface area contributed by atoms with Crippen LogP contribution in [-0.4, -0.2) is 70.6 Å². The molecule has 2 rings (SSSR count). The van der Waals surface area contributed by atoms with Crippen molar-refractivity contribution in [2.45, 2.75) is 109 Å². The molecule has 0 aromatic carbocycles. The molecule has 9 heteroatoms. The molecule has 1 saturated carbocycles. The summed E-state index contributed by atoms with van der Waals surface area (Å²) in [5, 5.41) is 5.91. The highest BCUT2D eigenvalue weighted by Gasteiger charge is 2.44. The average Bonchev–Trinajstić information content (AvgIpc) is 3.24. The first-order chi connectivity index (χ1) is 15.9. The average molecular weight is 499 g/mol. The molecule has 1 saturated heterocycles. The SMILES string of the molecule is CC(C)CSC(C)(C)[C@@H](NC(=O)OC(C)C)C(=O)N1CCC[C@H]1C(=O)NC[C@H]1CC[C@H](N)CC1. The molecule has 196 valence electrons. The second-order valence-electron chi connectivity index (χ2n) is 11.1. The zero-order valence-corrected chi connectivity index (χ0v) is 22.7. The Bertz CT molecular complexity index is 692. The highest BCUT2D eigenvalue weighted by atomic mass is 32.2. The summed E-state index contributed by atoms with van der Waals surface area (Å²) in [4.78, 5) is 41.0. The van der Waals surface area contributed by atoms with E-state index in [4.69, 9.17) is 10.5 Å². The topological polar surface area (TPSA) is 114 Å². The van der Waals surface area contributed by atoms with Crippen LogP contribution in [0, 0.1) is 11.8 Å². The highest BCUT2D eigenvalue weighted by Crippen LogP contribution is 2.33. The summed E-state index contributed by atoms with van der Waals surface area (Å²) in [6, 6.07) is -1.02. The lowest BCUT2D eigenvalue weighted by atomic mass is 9.86. The van der Waals surface area contributed by atoms with Crippen LogP contribution in [-0.2, 0) is 14.3 Å². The van der Waals surface area contributed by atoms with E-state index < -0.39 is 22.9 Å². The monoisotopic (exact) mass is 498 g/mol. The number of thioether (sulfide) groups is 1. The van der Waals surface area contributed by atoms with Crippen molar-refractivity contribution in [2.24, 2.45) is 17.6 Å². The van der Waals surface area contributed by atoms with E-state index >= 15 is 0 Å². The number of nitrogens with zero attached hydrogens (tertiary/aromatic N) is 1. The second-order valence-corrected chi connectivity index (χ2v) is 12.7. The molecule has 8 nitrogen and oxygen atoms in total. The third-order valence-electron chi connectivity index (χ3n) is 6.63. The van der Waals surface area contributed by atoms with Gasteiger partial charge in [-0.15, -0.1) is 0 Å². The van der Waals surface area contributed by atoms with Crippen LogP contribution < -0.4 is 16.4 Å². The smallest absolute Gasteiger partial charge is 0.408 e. The number of amides is 3. The van der Waals surface area contributed by atoms with E-state index in [0.717, 1.165) is 37.9 Å². The summed E-state index contributed by atoms with van der Waals surface area (Å²) >= 11 is 1.65. The molecule has 2 fully saturated rings. The normalized spacial score (nSPS) is 24.3. The summed E-state index contributed by atoms with van der Waals surface area (Å²) in [7, 11) is 0. The third-order valence-corrected chi connectivity index (χ3v) is 8.44. The number of alkyl carbamates (subject to hydrolysis) is 1. The number of nitrogens with one attached hydrogen (secondary N) is 2. The minimum atomic E-state index is -0.796. The lowest BCUT2D eigenvalue weighted by Crippen LogP contribution is -2.60. The standard InChI is InChI=1S/C25H46N4O4S/c1-16(2)15-34-25(5,6)21(28-24(32)33-17(3)4)23(31)29-13-7-8-20(29)22(30)27-14-18-9-11-19(26)12-10-18/h16-21H,7-15,26H2,1-6H3,(H,27,30)(H,28,32)/t18-,19-,20-,21-/m0/s1. The van der Waals surface area contributed by atoms with Gasteiger partial charge in [-0.05, 0) is 83.8 Å². The molecular weight excluding hydrogens is 452 g/mol. The maximum absolute atomic E-state index is 13.8. The molecule has 0 aromatic rings. The van der Waals surface area contributed by atoms with Crippen LogP contribution >= 0.6 is 11.8 Å². The number of hydrogen-bond acceptors (Lipinski definition) is 6. The molecule has 1 heterocycles. The maximum Gasteiger partial charge on any atom is 0.408 e. The van der Waals surface area contributed by atoms with Gasteiger partial charge in [-0.1, -0.05) is 13.8 Å². The van der Waals surface area contributed by atoms with Crippen LogP contribution in [0.4, 0.5) is 4.79 Å². The van der Waals surface area contributed by atoms with E-state index in [1.807, 2.05) is 13.8 Å². The van der Waals surface area contributed by atoms with Gasteiger partial charge in [-0.3, -0.25) is 9.59 Å².